The number of nitrogens with zero attached hydrogens (tertiary/aromatic N) is 1. The molecular weight excluding hydrogens is 482 g/mol. The molecule has 3 aliphatic rings. The molecule has 188 valence electrons. The number of halogens is 1. The fourth-order valence-corrected chi connectivity index (χ4v) is 5.56. The minimum absolute atomic E-state index is 0.0225. The van der Waals surface area contributed by atoms with E-state index in [0.717, 1.165) is 11.3 Å². The van der Waals surface area contributed by atoms with Crippen molar-refractivity contribution in [3.63, 3.8) is 0 Å². The first kappa shape index (κ1) is 24.4. The van der Waals surface area contributed by atoms with Gasteiger partial charge in [-0.15, -0.1) is 0 Å². The number of hydrogen-bond acceptors (Lipinski definition) is 7. The van der Waals surface area contributed by atoms with E-state index in [2.05, 4.69) is 0 Å². The molecule has 1 unspecified atom stereocenters. The van der Waals surface area contributed by atoms with Crippen molar-refractivity contribution < 1.29 is 28.5 Å². The van der Waals surface area contributed by atoms with Gasteiger partial charge >= 0.3 is 5.97 Å². The molecule has 36 heavy (non-hydrogen) atoms. The first-order valence-electron chi connectivity index (χ1n) is 12.0. The summed E-state index contributed by atoms with van der Waals surface area (Å²) >= 11 is 6.72. The molecule has 0 saturated carbocycles. The third-order valence-corrected chi connectivity index (χ3v) is 7.24. The first-order valence-corrected chi connectivity index (χ1v) is 12.4. The van der Waals surface area contributed by atoms with Crippen LogP contribution in [0, 0.1) is 5.92 Å². The summed E-state index contributed by atoms with van der Waals surface area (Å²) in [6, 6.07) is 11.2. The lowest BCUT2D eigenvalue weighted by molar-refractivity contribution is -0.150. The molecule has 0 bridgehead atoms. The van der Waals surface area contributed by atoms with Crippen LogP contribution in [-0.4, -0.2) is 37.5 Å². The zero-order valence-electron chi connectivity index (χ0n) is 20.7. The van der Waals surface area contributed by atoms with Crippen molar-refractivity contribution in [1.29, 1.82) is 0 Å². The van der Waals surface area contributed by atoms with E-state index in [9.17, 15) is 9.59 Å². The van der Waals surface area contributed by atoms with Crippen LogP contribution in [0.3, 0.4) is 0 Å². The van der Waals surface area contributed by atoms with Gasteiger partial charge in [0.2, 0.25) is 6.79 Å². The summed E-state index contributed by atoms with van der Waals surface area (Å²) in [4.78, 5) is 31.9. The lowest BCUT2D eigenvalue weighted by atomic mass is 9.69. The van der Waals surface area contributed by atoms with Gasteiger partial charge in [-0.2, -0.15) is 0 Å². The Hall–Kier alpha value is -3.32. The summed E-state index contributed by atoms with van der Waals surface area (Å²) in [6.45, 7) is 5.50. The fourth-order valence-electron chi connectivity index (χ4n) is 5.29. The highest BCUT2D eigenvalue weighted by Gasteiger charge is 2.46. The van der Waals surface area contributed by atoms with Crippen molar-refractivity contribution in [1.82, 2.24) is 0 Å². The molecule has 1 aliphatic carbocycles. The lowest BCUT2D eigenvalue weighted by Gasteiger charge is -2.37. The second kappa shape index (κ2) is 9.62. The lowest BCUT2D eigenvalue weighted by Crippen LogP contribution is -2.38. The second-order valence-corrected chi connectivity index (χ2v) is 9.99. The minimum Gasteiger partial charge on any atom is -0.497 e. The fraction of sp³-hybridized carbons (Fsp3) is 0.393. The van der Waals surface area contributed by atoms with E-state index in [-0.39, 0.29) is 24.6 Å². The highest BCUT2D eigenvalue weighted by molar-refractivity contribution is 6.32. The van der Waals surface area contributed by atoms with Crippen LogP contribution in [0.4, 0.5) is 0 Å². The van der Waals surface area contributed by atoms with Crippen LogP contribution in [0.15, 0.2) is 52.7 Å². The first-order chi connectivity index (χ1) is 17.3. The van der Waals surface area contributed by atoms with Gasteiger partial charge in [-0.3, -0.25) is 14.6 Å². The number of methoxy groups -OCH3 is 1. The number of fused-ring (bicyclic) bond motifs is 1. The third-order valence-electron chi connectivity index (χ3n) is 6.91. The Morgan fingerprint density at radius 2 is 1.81 bits per heavy atom. The molecule has 0 aromatic heterocycles. The van der Waals surface area contributed by atoms with E-state index >= 15 is 0 Å². The smallest absolute Gasteiger partial charge is 0.315 e. The number of esters is 1. The van der Waals surface area contributed by atoms with Gasteiger partial charge in [0, 0.05) is 40.4 Å². The van der Waals surface area contributed by atoms with Crippen molar-refractivity contribution >= 4 is 29.1 Å². The van der Waals surface area contributed by atoms with Crippen molar-refractivity contribution in [3.05, 3.63) is 63.8 Å². The number of benzene rings is 2. The van der Waals surface area contributed by atoms with Gasteiger partial charge in [0.25, 0.3) is 0 Å². The molecule has 3 atom stereocenters. The average molecular weight is 510 g/mol. The van der Waals surface area contributed by atoms with Gasteiger partial charge in [-0.25, -0.2) is 0 Å². The summed E-state index contributed by atoms with van der Waals surface area (Å²) < 4.78 is 21.9. The zero-order valence-corrected chi connectivity index (χ0v) is 21.4. The minimum atomic E-state index is -0.773. The summed E-state index contributed by atoms with van der Waals surface area (Å²) in [7, 11) is 1.62. The number of ketones is 1. The van der Waals surface area contributed by atoms with Crippen molar-refractivity contribution in [3.8, 4) is 17.2 Å². The van der Waals surface area contributed by atoms with Crippen molar-refractivity contribution in [2.45, 2.75) is 51.6 Å². The molecule has 8 heteroatoms. The van der Waals surface area contributed by atoms with Gasteiger partial charge < -0.3 is 18.9 Å². The van der Waals surface area contributed by atoms with Gasteiger partial charge in [0.05, 0.1) is 13.2 Å². The number of carbonyl (C=O) groups is 2. The van der Waals surface area contributed by atoms with E-state index in [1.54, 1.807) is 33.1 Å². The highest BCUT2D eigenvalue weighted by Crippen LogP contribution is 2.50. The summed E-state index contributed by atoms with van der Waals surface area (Å²) in [5.74, 6) is -0.0688. The van der Waals surface area contributed by atoms with Crippen LogP contribution in [0.2, 0.25) is 5.02 Å². The van der Waals surface area contributed by atoms with Crippen LogP contribution < -0.4 is 14.2 Å². The van der Waals surface area contributed by atoms with Crippen LogP contribution in [-0.2, 0) is 14.3 Å². The monoisotopic (exact) mass is 509 g/mol. The Kier molecular flexibility index (Phi) is 6.51. The number of allylic oxidation sites excluding steroid dienone is 2. The molecule has 2 aromatic carbocycles. The Labute approximate surface area is 215 Å². The predicted molar refractivity (Wildman–Crippen MR) is 135 cm³/mol. The Balaban J connectivity index is 1.60. The Morgan fingerprint density at radius 3 is 2.47 bits per heavy atom. The Morgan fingerprint density at radius 1 is 1.11 bits per heavy atom. The number of Topliss-reactive ketones (excluding diaryl/α,β-unsaturated/α-hetero) is 1. The number of rotatable bonds is 5. The molecule has 0 radical (unpaired) electrons. The third kappa shape index (κ3) is 4.37. The topological polar surface area (TPSA) is 83.4 Å². The van der Waals surface area contributed by atoms with Gasteiger partial charge in [-0.05, 0) is 62.4 Å². The summed E-state index contributed by atoms with van der Waals surface area (Å²) in [6.07, 6.45) is 0.578. The number of carbonyl (C=O) groups excluding carboxylic acids is 2. The molecule has 0 amide bonds. The average Bonchev–Trinajstić information content (AvgIpc) is 3.29. The van der Waals surface area contributed by atoms with Crippen LogP contribution >= 0.6 is 11.6 Å². The number of ether oxygens (including phenoxy) is 4. The molecule has 7 nitrogen and oxygen atoms in total. The quantitative estimate of drug-likeness (QED) is 0.487. The molecule has 0 N–H and O–H groups in total. The maximum absolute atomic E-state index is 13.8. The van der Waals surface area contributed by atoms with E-state index in [0.29, 0.717) is 51.9 Å². The van der Waals surface area contributed by atoms with Crippen LogP contribution in [0.5, 0.6) is 17.2 Å². The maximum Gasteiger partial charge on any atom is 0.315 e. The molecule has 0 spiro atoms. The molecule has 0 saturated heterocycles. The van der Waals surface area contributed by atoms with E-state index in [1.807, 2.05) is 31.2 Å². The van der Waals surface area contributed by atoms with Crippen molar-refractivity contribution in [2.75, 3.05) is 13.9 Å². The predicted octanol–water partition coefficient (Wildman–Crippen LogP) is 5.60. The van der Waals surface area contributed by atoms with E-state index < -0.39 is 17.8 Å². The molecule has 2 aromatic rings. The number of hydrogen-bond donors (Lipinski definition) is 0. The van der Waals surface area contributed by atoms with E-state index in [4.69, 9.17) is 35.5 Å². The second-order valence-electron chi connectivity index (χ2n) is 9.58. The summed E-state index contributed by atoms with van der Waals surface area (Å²) in [5.41, 5.74) is 3.49. The van der Waals surface area contributed by atoms with Crippen LogP contribution in [0.25, 0.3) is 0 Å². The standard InChI is InChI=1S/C28H28ClNO6/c1-14(2)36-28(32)25-15(3)30-21-9-17(16-5-7-18(33-4)8-6-16)10-22(31)27(21)26(25)19-11-23-24(12-20(19)29)35-13-34-23/h5-8,11-12,14,17,25-26H,9-10,13H2,1-4H3/t17-,25?,26-/m0/s1. The van der Waals surface area contributed by atoms with Gasteiger partial charge in [-0.1, -0.05) is 23.7 Å². The maximum atomic E-state index is 13.8. The molecule has 2 aliphatic heterocycles. The molecule has 0 fully saturated rings. The highest BCUT2D eigenvalue weighted by atomic mass is 35.5. The normalized spacial score (nSPS) is 22.9. The molecule has 5 rings (SSSR count). The zero-order chi connectivity index (χ0) is 25.6. The Bertz CT molecular complexity index is 1280. The summed E-state index contributed by atoms with van der Waals surface area (Å²) in [5, 5.41) is 0.401. The van der Waals surface area contributed by atoms with Gasteiger partial charge in [0.1, 0.15) is 11.7 Å². The molecule has 2 heterocycles. The van der Waals surface area contributed by atoms with Crippen molar-refractivity contribution in [2.24, 2.45) is 10.9 Å². The van der Waals surface area contributed by atoms with E-state index in [1.165, 1.54) is 0 Å². The van der Waals surface area contributed by atoms with Gasteiger partial charge in [0.15, 0.2) is 17.3 Å². The SMILES string of the molecule is COc1ccc([C@@H]2CC(=O)C3=C(C2)N=C(C)C(C(=O)OC(C)C)[C@@H]3c2cc3c(cc2Cl)OCO3)cc1. The number of aliphatic imine (C=N–C) groups is 1. The van der Waals surface area contributed by atoms with Crippen LogP contribution in [0.1, 0.15) is 56.6 Å². The molecular formula is C28H28ClNO6. The largest absolute Gasteiger partial charge is 0.497 e.